The molecule has 7 heteroatoms. The normalized spacial score (nSPS) is 11.3. The zero-order chi connectivity index (χ0) is 14.6. The molecule has 1 aromatic heterocycles. The fourth-order valence-electron chi connectivity index (χ4n) is 1.67. The van der Waals surface area contributed by atoms with Crippen LogP contribution in [0.2, 0.25) is 0 Å². The van der Waals surface area contributed by atoms with E-state index in [0.717, 1.165) is 17.8 Å². The topological polar surface area (TPSA) is 57.8 Å². The monoisotopic (exact) mass is 283 g/mol. The van der Waals surface area contributed by atoms with Gasteiger partial charge in [0.25, 0.3) is 0 Å². The number of halogens is 3. The van der Waals surface area contributed by atoms with Crippen molar-refractivity contribution in [3.05, 3.63) is 48.0 Å². The zero-order valence-electron chi connectivity index (χ0n) is 10.4. The molecule has 2 N–H and O–H groups in total. The summed E-state index contributed by atoms with van der Waals surface area (Å²) in [6.45, 7) is 0. The van der Waals surface area contributed by atoms with Crippen LogP contribution in [0, 0.1) is 0 Å². The third-order valence-corrected chi connectivity index (χ3v) is 2.65. The van der Waals surface area contributed by atoms with Gasteiger partial charge >= 0.3 is 6.18 Å². The second-order valence-corrected chi connectivity index (χ2v) is 4.20. The third kappa shape index (κ3) is 3.84. The maximum Gasteiger partial charge on any atom is 0.416 e. The number of aromatic nitrogens is 2. The lowest BCUT2D eigenvalue weighted by Gasteiger charge is -2.09. The molecule has 0 atom stereocenters. The third-order valence-electron chi connectivity index (χ3n) is 2.65. The molecular formula is C13H12F3N3O. The summed E-state index contributed by atoms with van der Waals surface area (Å²) in [6.07, 6.45) is -0.711. The van der Waals surface area contributed by atoms with E-state index in [0.29, 0.717) is 6.42 Å². The summed E-state index contributed by atoms with van der Waals surface area (Å²) in [6, 6.07) is 4.55. The van der Waals surface area contributed by atoms with Crippen molar-refractivity contribution in [3.8, 4) is 0 Å². The van der Waals surface area contributed by atoms with Gasteiger partial charge in [-0.1, -0.05) is 6.07 Å². The summed E-state index contributed by atoms with van der Waals surface area (Å²) >= 11 is 0. The van der Waals surface area contributed by atoms with Crippen LogP contribution < -0.4 is 5.32 Å². The predicted octanol–water partition coefficient (Wildman–Crippen LogP) is 3.00. The average Bonchev–Trinajstić information content (AvgIpc) is 2.89. The van der Waals surface area contributed by atoms with Gasteiger partial charge in [-0.05, 0) is 24.6 Å². The van der Waals surface area contributed by atoms with Gasteiger partial charge in [-0.2, -0.15) is 13.2 Å². The summed E-state index contributed by atoms with van der Waals surface area (Å²) in [4.78, 5) is 18.3. The molecule has 106 valence electrons. The van der Waals surface area contributed by atoms with Gasteiger partial charge in [-0.3, -0.25) is 4.79 Å². The standard InChI is InChI=1S/C13H12F3N3O/c14-13(15,16)9-2-1-3-10(6-9)19-12(20)5-4-11-7-17-8-18-11/h1-3,6-8H,4-5H2,(H,17,18)(H,19,20). The number of carbonyl (C=O) groups is 1. The average molecular weight is 283 g/mol. The van der Waals surface area contributed by atoms with Crippen LogP contribution in [0.1, 0.15) is 17.7 Å². The lowest BCUT2D eigenvalue weighted by Crippen LogP contribution is -2.13. The van der Waals surface area contributed by atoms with E-state index in [1.807, 2.05) is 0 Å². The highest BCUT2D eigenvalue weighted by Crippen LogP contribution is 2.30. The molecule has 0 fully saturated rings. The lowest BCUT2D eigenvalue weighted by atomic mass is 10.2. The summed E-state index contributed by atoms with van der Waals surface area (Å²) in [5.41, 5.74) is 0.141. The van der Waals surface area contributed by atoms with Gasteiger partial charge in [0.1, 0.15) is 0 Å². The Labute approximate surface area is 113 Å². The van der Waals surface area contributed by atoms with Gasteiger partial charge in [0, 0.05) is 24.0 Å². The number of aromatic amines is 1. The fraction of sp³-hybridized carbons (Fsp3) is 0.231. The molecule has 2 aromatic rings. The summed E-state index contributed by atoms with van der Waals surface area (Å²) in [5.74, 6) is -0.348. The molecule has 1 amide bonds. The van der Waals surface area contributed by atoms with Crippen molar-refractivity contribution in [1.82, 2.24) is 9.97 Å². The Morgan fingerprint density at radius 1 is 1.35 bits per heavy atom. The molecule has 0 radical (unpaired) electrons. The number of benzene rings is 1. The molecule has 0 aliphatic carbocycles. The van der Waals surface area contributed by atoms with E-state index in [1.54, 1.807) is 6.20 Å². The van der Waals surface area contributed by atoms with E-state index in [4.69, 9.17) is 0 Å². The second-order valence-electron chi connectivity index (χ2n) is 4.20. The van der Waals surface area contributed by atoms with E-state index < -0.39 is 11.7 Å². The Morgan fingerprint density at radius 3 is 2.80 bits per heavy atom. The Bertz CT molecular complexity index is 579. The molecule has 0 aliphatic rings. The molecule has 4 nitrogen and oxygen atoms in total. The Morgan fingerprint density at radius 2 is 2.15 bits per heavy atom. The van der Waals surface area contributed by atoms with Gasteiger partial charge in [-0.25, -0.2) is 4.98 Å². The first-order valence-corrected chi connectivity index (χ1v) is 5.89. The molecule has 0 saturated heterocycles. The van der Waals surface area contributed by atoms with Crippen molar-refractivity contribution in [1.29, 1.82) is 0 Å². The highest BCUT2D eigenvalue weighted by Gasteiger charge is 2.30. The molecule has 1 heterocycles. The van der Waals surface area contributed by atoms with E-state index in [9.17, 15) is 18.0 Å². The van der Waals surface area contributed by atoms with Crippen LogP contribution in [0.25, 0.3) is 0 Å². The number of anilines is 1. The van der Waals surface area contributed by atoms with E-state index in [1.165, 1.54) is 18.5 Å². The van der Waals surface area contributed by atoms with Crippen LogP contribution in [0.5, 0.6) is 0 Å². The number of H-pyrrole nitrogens is 1. The number of imidazole rings is 1. The van der Waals surface area contributed by atoms with Crippen molar-refractivity contribution in [3.63, 3.8) is 0 Å². The lowest BCUT2D eigenvalue weighted by molar-refractivity contribution is -0.137. The van der Waals surface area contributed by atoms with Gasteiger partial charge in [0.15, 0.2) is 0 Å². The van der Waals surface area contributed by atoms with Gasteiger partial charge < -0.3 is 10.3 Å². The smallest absolute Gasteiger partial charge is 0.348 e. The van der Waals surface area contributed by atoms with Crippen molar-refractivity contribution in [2.45, 2.75) is 19.0 Å². The molecule has 0 aliphatic heterocycles. The van der Waals surface area contributed by atoms with Gasteiger partial charge in [-0.15, -0.1) is 0 Å². The first kappa shape index (κ1) is 14.1. The van der Waals surface area contributed by atoms with Crippen LogP contribution in [-0.2, 0) is 17.4 Å². The van der Waals surface area contributed by atoms with Gasteiger partial charge in [0.05, 0.1) is 11.9 Å². The van der Waals surface area contributed by atoms with Crippen molar-refractivity contribution in [2.75, 3.05) is 5.32 Å². The maximum atomic E-state index is 12.5. The minimum Gasteiger partial charge on any atom is -0.348 e. The Kier molecular flexibility index (Phi) is 4.07. The SMILES string of the molecule is O=C(CCc1cnc[nH]1)Nc1cccc(C(F)(F)F)c1. The molecule has 0 saturated carbocycles. The van der Waals surface area contributed by atoms with Crippen molar-refractivity contribution < 1.29 is 18.0 Å². The summed E-state index contributed by atoms with van der Waals surface area (Å²) in [5, 5.41) is 2.44. The Hall–Kier alpha value is -2.31. The van der Waals surface area contributed by atoms with Crippen LogP contribution >= 0.6 is 0 Å². The summed E-state index contributed by atoms with van der Waals surface area (Å²) < 4.78 is 37.5. The molecule has 2 rings (SSSR count). The number of carbonyl (C=O) groups excluding carboxylic acids is 1. The zero-order valence-corrected chi connectivity index (χ0v) is 10.4. The van der Waals surface area contributed by atoms with E-state index in [-0.39, 0.29) is 18.0 Å². The van der Waals surface area contributed by atoms with Crippen LogP contribution in [-0.4, -0.2) is 15.9 Å². The number of alkyl halides is 3. The molecule has 0 spiro atoms. The minimum absolute atomic E-state index is 0.134. The van der Waals surface area contributed by atoms with Crippen LogP contribution in [0.4, 0.5) is 18.9 Å². The Balaban J connectivity index is 1.94. The molecule has 0 unspecified atom stereocenters. The minimum atomic E-state index is -4.42. The maximum absolute atomic E-state index is 12.5. The predicted molar refractivity (Wildman–Crippen MR) is 67.0 cm³/mol. The highest BCUT2D eigenvalue weighted by molar-refractivity contribution is 5.90. The van der Waals surface area contributed by atoms with Crippen LogP contribution in [0.3, 0.4) is 0 Å². The number of rotatable bonds is 4. The van der Waals surface area contributed by atoms with E-state index >= 15 is 0 Å². The van der Waals surface area contributed by atoms with E-state index in [2.05, 4.69) is 15.3 Å². The number of nitrogens with one attached hydrogen (secondary N) is 2. The summed E-state index contributed by atoms with van der Waals surface area (Å²) in [7, 11) is 0. The number of hydrogen-bond acceptors (Lipinski definition) is 2. The highest BCUT2D eigenvalue weighted by atomic mass is 19.4. The molecule has 20 heavy (non-hydrogen) atoms. The quantitative estimate of drug-likeness (QED) is 0.906. The number of amides is 1. The first-order chi connectivity index (χ1) is 9.45. The number of hydrogen-bond donors (Lipinski definition) is 2. The first-order valence-electron chi connectivity index (χ1n) is 5.89. The van der Waals surface area contributed by atoms with Crippen molar-refractivity contribution >= 4 is 11.6 Å². The largest absolute Gasteiger partial charge is 0.416 e. The van der Waals surface area contributed by atoms with Crippen LogP contribution in [0.15, 0.2) is 36.8 Å². The van der Waals surface area contributed by atoms with Gasteiger partial charge in [0.2, 0.25) is 5.91 Å². The van der Waals surface area contributed by atoms with Crippen molar-refractivity contribution in [2.24, 2.45) is 0 Å². The molecular weight excluding hydrogens is 271 g/mol. The molecule has 0 bridgehead atoms. The fourth-order valence-corrected chi connectivity index (χ4v) is 1.67. The molecule has 1 aromatic carbocycles. The number of nitrogens with zero attached hydrogens (tertiary/aromatic N) is 1. The second kappa shape index (κ2) is 5.77. The number of aryl methyl sites for hydroxylation is 1.